The molecule has 1 aliphatic carbocycles. The molecule has 0 saturated heterocycles. The fourth-order valence-corrected chi connectivity index (χ4v) is 2.21. The fraction of sp³-hybridized carbons (Fsp3) is 0.333. The molecule has 0 aromatic heterocycles. The summed E-state index contributed by atoms with van der Waals surface area (Å²) in [5.41, 5.74) is 5.61. The smallest absolute Gasteiger partial charge is 0.233 e. The summed E-state index contributed by atoms with van der Waals surface area (Å²) in [7, 11) is 0. The second-order valence-corrected chi connectivity index (χ2v) is 5.22. The van der Waals surface area contributed by atoms with Crippen LogP contribution in [0.4, 0.5) is 4.39 Å². The first-order valence-corrected chi connectivity index (χ1v) is 6.26. The van der Waals surface area contributed by atoms with E-state index in [2.05, 4.69) is 5.32 Å². The first kappa shape index (κ1) is 13.2. The van der Waals surface area contributed by atoms with Gasteiger partial charge in [-0.1, -0.05) is 29.9 Å². The van der Waals surface area contributed by atoms with E-state index in [1.165, 1.54) is 12.1 Å². The van der Waals surface area contributed by atoms with Crippen LogP contribution in [-0.2, 0) is 11.3 Å². The van der Waals surface area contributed by atoms with Gasteiger partial charge in [-0.3, -0.25) is 4.79 Å². The molecular formula is C12H12ClFN2OS. The van der Waals surface area contributed by atoms with Crippen molar-refractivity contribution in [3.63, 3.8) is 0 Å². The molecule has 18 heavy (non-hydrogen) atoms. The van der Waals surface area contributed by atoms with Crippen molar-refractivity contribution in [2.45, 2.75) is 19.4 Å². The second kappa shape index (κ2) is 4.82. The molecule has 0 unspecified atom stereocenters. The normalized spacial score (nSPS) is 16.1. The van der Waals surface area contributed by atoms with Crippen LogP contribution in [0.3, 0.4) is 0 Å². The molecule has 1 aromatic carbocycles. The Morgan fingerprint density at radius 1 is 1.56 bits per heavy atom. The van der Waals surface area contributed by atoms with Crippen molar-refractivity contribution < 1.29 is 9.18 Å². The van der Waals surface area contributed by atoms with E-state index in [-0.39, 0.29) is 22.5 Å². The number of benzene rings is 1. The zero-order valence-electron chi connectivity index (χ0n) is 9.50. The van der Waals surface area contributed by atoms with E-state index < -0.39 is 11.2 Å². The molecule has 0 aliphatic heterocycles. The van der Waals surface area contributed by atoms with Crippen molar-refractivity contribution in [3.05, 3.63) is 34.6 Å². The molecule has 0 heterocycles. The summed E-state index contributed by atoms with van der Waals surface area (Å²) in [5.74, 6) is -0.649. The summed E-state index contributed by atoms with van der Waals surface area (Å²) < 4.78 is 12.9. The van der Waals surface area contributed by atoms with Crippen LogP contribution in [0.1, 0.15) is 18.4 Å². The Labute approximate surface area is 114 Å². The summed E-state index contributed by atoms with van der Waals surface area (Å²) in [6, 6.07) is 4.32. The first-order valence-electron chi connectivity index (χ1n) is 5.48. The number of amides is 1. The zero-order chi connectivity index (χ0) is 13.3. The minimum atomic E-state index is -0.668. The SMILES string of the molecule is NC(=S)C1(C(=O)NCc2ccc(F)c(Cl)c2)CC1. The van der Waals surface area contributed by atoms with Crippen LogP contribution in [0.25, 0.3) is 0 Å². The molecule has 6 heteroatoms. The molecule has 1 aromatic rings. The standard InChI is InChI=1S/C12H12ClFN2OS/c13-8-5-7(1-2-9(8)14)6-16-11(17)12(3-4-12)10(15)18/h1-2,5H,3-4,6H2,(H2,15,18)(H,16,17). The Kier molecular flexibility index (Phi) is 3.54. The number of hydrogen-bond acceptors (Lipinski definition) is 2. The van der Waals surface area contributed by atoms with Gasteiger partial charge in [0.25, 0.3) is 0 Å². The minimum Gasteiger partial charge on any atom is -0.392 e. The predicted molar refractivity (Wildman–Crippen MR) is 71.7 cm³/mol. The second-order valence-electron chi connectivity index (χ2n) is 4.38. The number of halogens is 2. The Hall–Kier alpha value is -1.20. The molecule has 2 rings (SSSR count). The largest absolute Gasteiger partial charge is 0.392 e. The number of rotatable bonds is 4. The third-order valence-corrected chi connectivity index (χ3v) is 3.77. The highest BCUT2D eigenvalue weighted by molar-refractivity contribution is 7.80. The van der Waals surface area contributed by atoms with Crippen molar-refractivity contribution >= 4 is 34.7 Å². The van der Waals surface area contributed by atoms with Gasteiger partial charge in [-0.15, -0.1) is 0 Å². The first-order chi connectivity index (χ1) is 8.45. The molecule has 1 aliphatic rings. The van der Waals surface area contributed by atoms with E-state index >= 15 is 0 Å². The van der Waals surface area contributed by atoms with Gasteiger partial charge in [0.05, 0.1) is 15.4 Å². The number of carbonyl (C=O) groups is 1. The highest BCUT2D eigenvalue weighted by Crippen LogP contribution is 2.46. The van der Waals surface area contributed by atoms with E-state index in [0.29, 0.717) is 12.8 Å². The van der Waals surface area contributed by atoms with Crippen molar-refractivity contribution in [3.8, 4) is 0 Å². The van der Waals surface area contributed by atoms with Gasteiger partial charge in [0.1, 0.15) is 5.82 Å². The summed E-state index contributed by atoms with van der Waals surface area (Å²) in [6.45, 7) is 0.281. The van der Waals surface area contributed by atoms with Gasteiger partial charge in [-0.2, -0.15) is 0 Å². The van der Waals surface area contributed by atoms with Crippen LogP contribution in [0.15, 0.2) is 18.2 Å². The molecule has 0 bridgehead atoms. The number of carbonyl (C=O) groups excluding carboxylic acids is 1. The third kappa shape index (κ3) is 2.47. The van der Waals surface area contributed by atoms with E-state index in [9.17, 15) is 9.18 Å². The number of hydrogen-bond donors (Lipinski definition) is 2. The maximum Gasteiger partial charge on any atom is 0.233 e. The molecule has 3 nitrogen and oxygen atoms in total. The Bertz CT molecular complexity index is 517. The lowest BCUT2D eigenvalue weighted by Gasteiger charge is -2.13. The van der Waals surface area contributed by atoms with Crippen LogP contribution in [0.2, 0.25) is 5.02 Å². The lowest BCUT2D eigenvalue weighted by atomic mass is 10.1. The van der Waals surface area contributed by atoms with Crippen LogP contribution in [-0.4, -0.2) is 10.9 Å². The van der Waals surface area contributed by atoms with Gasteiger partial charge in [-0.25, -0.2) is 4.39 Å². The van der Waals surface area contributed by atoms with Gasteiger partial charge in [-0.05, 0) is 30.5 Å². The number of thiocarbonyl (C=S) groups is 1. The lowest BCUT2D eigenvalue weighted by Crippen LogP contribution is -2.39. The van der Waals surface area contributed by atoms with Crippen LogP contribution in [0.5, 0.6) is 0 Å². The maximum absolute atomic E-state index is 12.9. The van der Waals surface area contributed by atoms with Crippen molar-refractivity contribution in [2.24, 2.45) is 11.1 Å². The van der Waals surface area contributed by atoms with Gasteiger partial charge in [0.2, 0.25) is 5.91 Å². The Morgan fingerprint density at radius 3 is 2.72 bits per heavy atom. The molecule has 0 atom stereocenters. The van der Waals surface area contributed by atoms with E-state index in [0.717, 1.165) is 5.56 Å². The number of nitrogens with one attached hydrogen (secondary N) is 1. The Morgan fingerprint density at radius 2 is 2.22 bits per heavy atom. The highest BCUT2D eigenvalue weighted by atomic mass is 35.5. The predicted octanol–water partition coefficient (Wildman–Crippen LogP) is 2.16. The van der Waals surface area contributed by atoms with Gasteiger partial charge in [0, 0.05) is 6.54 Å². The average Bonchev–Trinajstić information content (AvgIpc) is 3.11. The van der Waals surface area contributed by atoms with Gasteiger partial charge < -0.3 is 11.1 Å². The molecular weight excluding hydrogens is 275 g/mol. The summed E-state index contributed by atoms with van der Waals surface area (Å²) in [5, 5.41) is 2.78. The van der Waals surface area contributed by atoms with Crippen molar-refractivity contribution in [2.75, 3.05) is 0 Å². The maximum atomic E-state index is 12.9. The zero-order valence-corrected chi connectivity index (χ0v) is 11.1. The quantitative estimate of drug-likeness (QED) is 0.834. The third-order valence-electron chi connectivity index (χ3n) is 3.09. The van der Waals surface area contributed by atoms with Gasteiger partial charge >= 0.3 is 0 Å². The van der Waals surface area contributed by atoms with E-state index in [4.69, 9.17) is 29.6 Å². The molecule has 1 fully saturated rings. The molecule has 3 N–H and O–H groups in total. The van der Waals surface area contributed by atoms with Crippen LogP contribution >= 0.6 is 23.8 Å². The minimum absolute atomic E-state index is 0.0391. The molecule has 96 valence electrons. The summed E-state index contributed by atoms with van der Waals surface area (Å²) in [4.78, 5) is 12.1. The topological polar surface area (TPSA) is 55.1 Å². The van der Waals surface area contributed by atoms with Crippen LogP contribution < -0.4 is 11.1 Å². The fourth-order valence-electron chi connectivity index (χ4n) is 1.71. The van der Waals surface area contributed by atoms with Crippen molar-refractivity contribution in [1.82, 2.24) is 5.32 Å². The monoisotopic (exact) mass is 286 g/mol. The molecule has 0 radical (unpaired) electrons. The highest BCUT2D eigenvalue weighted by Gasteiger charge is 2.52. The molecule has 1 saturated carbocycles. The summed E-state index contributed by atoms with van der Waals surface area (Å²) >= 11 is 10.5. The average molecular weight is 287 g/mol. The van der Waals surface area contributed by atoms with Crippen LogP contribution in [0, 0.1) is 11.2 Å². The van der Waals surface area contributed by atoms with E-state index in [1.54, 1.807) is 6.07 Å². The molecule has 1 amide bonds. The Balaban J connectivity index is 1.98. The van der Waals surface area contributed by atoms with Crippen molar-refractivity contribution in [1.29, 1.82) is 0 Å². The molecule has 0 spiro atoms. The van der Waals surface area contributed by atoms with E-state index in [1.807, 2.05) is 0 Å². The van der Waals surface area contributed by atoms with Gasteiger partial charge in [0.15, 0.2) is 0 Å². The lowest BCUT2D eigenvalue weighted by molar-refractivity contribution is -0.124. The summed E-state index contributed by atoms with van der Waals surface area (Å²) in [6.07, 6.45) is 1.39. The number of nitrogens with two attached hydrogens (primary N) is 1.